The van der Waals surface area contributed by atoms with Crippen LogP contribution in [-0.4, -0.2) is 35.5 Å². The normalized spacial score (nSPS) is 14.6. The fourth-order valence-electron chi connectivity index (χ4n) is 1.80. The van der Waals surface area contributed by atoms with E-state index in [9.17, 15) is 22.6 Å². The number of carboxylic acid groups (broad SMARTS) is 1. The van der Waals surface area contributed by atoms with Gasteiger partial charge < -0.3 is 9.84 Å². The number of carbonyl (C=O) groups excluding carboxylic acids is 1. The van der Waals surface area contributed by atoms with Crippen LogP contribution >= 0.6 is 0 Å². The summed E-state index contributed by atoms with van der Waals surface area (Å²) in [7, 11) is -4.53. The Hall–Kier alpha value is -1.15. The summed E-state index contributed by atoms with van der Waals surface area (Å²) < 4.78 is 36.6. The first-order chi connectivity index (χ1) is 9.22. The second-order valence-corrected chi connectivity index (χ2v) is 6.07. The van der Waals surface area contributed by atoms with Gasteiger partial charge in [-0.2, -0.15) is 8.42 Å². The third kappa shape index (κ3) is 7.44. The molecule has 0 spiro atoms. The maximum Gasteiger partial charge on any atom is 0.307 e. The molecule has 0 aromatic rings. The Bertz CT molecular complexity index is 416. The molecule has 0 saturated heterocycles. The highest BCUT2D eigenvalue weighted by atomic mass is 32.2. The Morgan fingerprint density at radius 1 is 1.20 bits per heavy atom. The summed E-state index contributed by atoms with van der Waals surface area (Å²) in [5.41, 5.74) is -1.62. The molecule has 0 bridgehead atoms. The number of esters is 1. The van der Waals surface area contributed by atoms with E-state index < -0.39 is 46.3 Å². The number of ether oxygens (including phenoxy) is 1. The van der Waals surface area contributed by atoms with Crippen LogP contribution in [0.1, 0.15) is 52.4 Å². The van der Waals surface area contributed by atoms with Crippen LogP contribution in [0.15, 0.2) is 0 Å². The van der Waals surface area contributed by atoms with Gasteiger partial charge in [0.15, 0.2) is 0 Å². The predicted molar refractivity (Wildman–Crippen MR) is 71.6 cm³/mol. The Morgan fingerprint density at radius 2 is 1.80 bits per heavy atom. The van der Waals surface area contributed by atoms with Crippen LogP contribution in [-0.2, 0) is 24.4 Å². The Labute approximate surface area is 119 Å². The zero-order chi connectivity index (χ0) is 15.8. The van der Waals surface area contributed by atoms with Crippen molar-refractivity contribution in [1.29, 1.82) is 0 Å². The van der Waals surface area contributed by atoms with E-state index in [1.54, 1.807) is 6.92 Å². The highest BCUT2D eigenvalue weighted by Gasteiger charge is 2.34. The van der Waals surface area contributed by atoms with Gasteiger partial charge in [0, 0.05) is 5.92 Å². The standard InChI is InChI=1S/C12H22O7S/c1-3-5-6-9(4-2)12(20(16,17)18)19-11(15)8-7-10(13)14/h9,12H,3-8H2,1-2H3,(H,13,14)(H,16,17,18). The summed E-state index contributed by atoms with van der Waals surface area (Å²) in [6.45, 7) is 3.68. The SMILES string of the molecule is CCCCC(CC)C(OC(=O)CCC(=O)O)S(=O)(=O)O. The molecule has 0 aliphatic heterocycles. The van der Waals surface area contributed by atoms with Gasteiger partial charge in [-0.25, -0.2) is 0 Å². The highest BCUT2D eigenvalue weighted by molar-refractivity contribution is 7.86. The quantitative estimate of drug-likeness (QED) is 0.466. The Balaban J connectivity index is 4.80. The highest BCUT2D eigenvalue weighted by Crippen LogP contribution is 2.23. The topological polar surface area (TPSA) is 118 Å². The lowest BCUT2D eigenvalue weighted by Gasteiger charge is -2.23. The van der Waals surface area contributed by atoms with Crippen molar-refractivity contribution in [3.8, 4) is 0 Å². The van der Waals surface area contributed by atoms with Crippen molar-refractivity contribution in [2.45, 2.75) is 57.8 Å². The lowest BCUT2D eigenvalue weighted by Crippen LogP contribution is -2.34. The van der Waals surface area contributed by atoms with E-state index in [0.717, 1.165) is 12.8 Å². The van der Waals surface area contributed by atoms with E-state index in [4.69, 9.17) is 9.84 Å². The molecule has 0 aromatic heterocycles. The molecule has 7 nitrogen and oxygen atoms in total. The molecule has 118 valence electrons. The smallest absolute Gasteiger partial charge is 0.307 e. The molecule has 0 aromatic carbocycles. The molecule has 0 radical (unpaired) electrons. The fourth-order valence-corrected chi connectivity index (χ4v) is 2.84. The average Bonchev–Trinajstić information content (AvgIpc) is 2.34. The van der Waals surface area contributed by atoms with E-state index in [1.165, 1.54) is 0 Å². The lowest BCUT2D eigenvalue weighted by molar-refractivity contribution is -0.151. The van der Waals surface area contributed by atoms with Crippen LogP contribution in [0.5, 0.6) is 0 Å². The van der Waals surface area contributed by atoms with Crippen molar-refractivity contribution in [3.05, 3.63) is 0 Å². The molecule has 20 heavy (non-hydrogen) atoms. The first kappa shape index (κ1) is 18.9. The minimum atomic E-state index is -4.53. The molecular weight excluding hydrogens is 288 g/mol. The van der Waals surface area contributed by atoms with Gasteiger partial charge in [-0.3, -0.25) is 14.1 Å². The molecule has 2 unspecified atom stereocenters. The van der Waals surface area contributed by atoms with Gasteiger partial charge in [-0.05, 0) is 12.8 Å². The molecule has 2 atom stereocenters. The summed E-state index contributed by atoms with van der Waals surface area (Å²) in [5.74, 6) is -2.62. The lowest BCUT2D eigenvalue weighted by atomic mass is 10.0. The number of carboxylic acids is 1. The fraction of sp³-hybridized carbons (Fsp3) is 0.833. The predicted octanol–water partition coefficient (Wildman–Crippen LogP) is 1.82. The second kappa shape index (κ2) is 8.91. The molecule has 0 amide bonds. The van der Waals surface area contributed by atoms with Crippen LogP contribution in [0.3, 0.4) is 0 Å². The molecule has 2 N–H and O–H groups in total. The molecule has 0 fully saturated rings. The van der Waals surface area contributed by atoms with Crippen molar-refractivity contribution < 1.29 is 32.4 Å². The summed E-state index contributed by atoms with van der Waals surface area (Å²) in [5, 5.41) is 8.45. The van der Waals surface area contributed by atoms with Gasteiger partial charge in [-0.15, -0.1) is 0 Å². The van der Waals surface area contributed by atoms with Gasteiger partial charge in [-0.1, -0.05) is 26.7 Å². The number of hydrogen-bond acceptors (Lipinski definition) is 5. The number of carbonyl (C=O) groups is 2. The number of rotatable bonds is 10. The summed E-state index contributed by atoms with van der Waals surface area (Å²) >= 11 is 0. The van der Waals surface area contributed by atoms with Gasteiger partial charge in [0.1, 0.15) is 0 Å². The van der Waals surface area contributed by atoms with Crippen molar-refractivity contribution in [2.24, 2.45) is 5.92 Å². The van der Waals surface area contributed by atoms with E-state index in [-0.39, 0.29) is 0 Å². The first-order valence-electron chi connectivity index (χ1n) is 6.59. The number of unbranched alkanes of at least 4 members (excludes halogenated alkanes) is 1. The zero-order valence-corrected chi connectivity index (χ0v) is 12.6. The van der Waals surface area contributed by atoms with Gasteiger partial charge in [0.2, 0.25) is 5.44 Å². The van der Waals surface area contributed by atoms with Crippen molar-refractivity contribution in [1.82, 2.24) is 0 Å². The third-order valence-electron chi connectivity index (χ3n) is 2.92. The Morgan fingerprint density at radius 3 is 2.20 bits per heavy atom. The molecule has 0 rings (SSSR count). The largest absolute Gasteiger partial charge is 0.481 e. The number of aliphatic carboxylic acids is 1. The van der Waals surface area contributed by atoms with E-state index in [1.807, 2.05) is 6.92 Å². The van der Waals surface area contributed by atoms with Crippen LogP contribution in [0.25, 0.3) is 0 Å². The summed E-state index contributed by atoms with van der Waals surface area (Å²) in [6, 6.07) is 0. The van der Waals surface area contributed by atoms with E-state index in [2.05, 4.69) is 0 Å². The van der Waals surface area contributed by atoms with Crippen molar-refractivity contribution in [2.75, 3.05) is 0 Å². The van der Waals surface area contributed by atoms with E-state index in [0.29, 0.717) is 12.8 Å². The van der Waals surface area contributed by atoms with Gasteiger partial charge >= 0.3 is 22.1 Å². The maximum atomic E-state index is 11.4. The minimum absolute atomic E-state index is 0.425. The van der Waals surface area contributed by atoms with Gasteiger partial charge in [0.25, 0.3) is 0 Å². The second-order valence-electron chi connectivity index (χ2n) is 4.58. The van der Waals surface area contributed by atoms with Crippen LogP contribution in [0, 0.1) is 5.92 Å². The molecule has 0 aliphatic rings. The summed E-state index contributed by atoms with van der Waals surface area (Å²) in [4.78, 5) is 21.8. The van der Waals surface area contributed by atoms with Crippen LogP contribution < -0.4 is 0 Å². The average molecular weight is 310 g/mol. The van der Waals surface area contributed by atoms with Crippen molar-refractivity contribution in [3.63, 3.8) is 0 Å². The van der Waals surface area contributed by atoms with E-state index >= 15 is 0 Å². The molecular formula is C12H22O7S. The third-order valence-corrected chi connectivity index (χ3v) is 3.99. The van der Waals surface area contributed by atoms with Crippen LogP contribution in [0.2, 0.25) is 0 Å². The molecule has 8 heteroatoms. The van der Waals surface area contributed by atoms with Crippen molar-refractivity contribution >= 4 is 22.1 Å². The van der Waals surface area contributed by atoms with Gasteiger partial charge in [0.05, 0.1) is 12.8 Å². The number of hydrogen-bond donors (Lipinski definition) is 2. The zero-order valence-electron chi connectivity index (χ0n) is 11.7. The first-order valence-corrected chi connectivity index (χ1v) is 8.10. The maximum absolute atomic E-state index is 11.4. The monoisotopic (exact) mass is 310 g/mol. The molecule has 0 heterocycles. The summed E-state index contributed by atoms with van der Waals surface area (Å²) in [6.07, 6.45) is 1.66. The molecule has 0 saturated carbocycles. The molecule has 0 aliphatic carbocycles. The minimum Gasteiger partial charge on any atom is -0.481 e. The van der Waals surface area contributed by atoms with Crippen LogP contribution in [0.4, 0.5) is 0 Å². The Kier molecular flexibility index (Phi) is 8.40.